The Balaban J connectivity index is 1.65. The minimum atomic E-state index is 0.268. The van der Waals surface area contributed by atoms with Gasteiger partial charge in [-0.25, -0.2) is 0 Å². The Kier molecular flexibility index (Phi) is 6.11. The van der Waals surface area contributed by atoms with E-state index in [-0.39, 0.29) is 6.04 Å². The van der Waals surface area contributed by atoms with Crippen molar-refractivity contribution in [1.29, 1.82) is 0 Å². The summed E-state index contributed by atoms with van der Waals surface area (Å²) in [5.74, 6) is 0. The molecule has 6 heteroatoms. The molecule has 0 saturated carbocycles. The van der Waals surface area contributed by atoms with E-state index in [1.807, 2.05) is 35.6 Å². The van der Waals surface area contributed by atoms with E-state index in [2.05, 4.69) is 35.1 Å². The van der Waals surface area contributed by atoms with Crippen LogP contribution in [0.5, 0.6) is 0 Å². The van der Waals surface area contributed by atoms with Gasteiger partial charge in [-0.1, -0.05) is 17.7 Å². The summed E-state index contributed by atoms with van der Waals surface area (Å²) < 4.78 is 0. The first-order chi connectivity index (χ1) is 11.6. The molecule has 0 radical (unpaired) electrons. The minimum Gasteiger partial charge on any atom is -0.354 e. The van der Waals surface area contributed by atoms with Crippen LogP contribution in [0.4, 0.5) is 5.69 Å². The maximum absolute atomic E-state index is 5.93. The average Bonchev–Trinajstić information content (AvgIpc) is 3.24. The van der Waals surface area contributed by atoms with Gasteiger partial charge in [0, 0.05) is 23.6 Å². The number of nitrogens with one attached hydrogen (secondary N) is 3. The monoisotopic (exact) mass is 380 g/mol. The summed E-state index contributed by atoms with van der Waals surface area (Å²) in [6.45, 7) is 4.71. The Morgan fingerprint density at radius 3 is 2.54 bits per heavy atom. The van der Waals surface area contributed by atoms with Crippen LogP contribution in [-0.4, -0.2) is 24.2 Å². The van der Waals surface area contributed by atoms with Crippen LogP contribution in [0.2, 0.25) is 5.02 Å². The SMILES string of the molecule is C[C@H](NC(=S)Nc1ccc(Cl)cc1)[C@H](c1cccs1)[NH+]1CCCC1. The summed E-state index contributed by atoms with van der Waals surface area (Å²) >= 11 is 13.3. The Morgan fingerprint density at radius 1 is 1.21 bits per heavy atom. The summed E-state index contributed by atoms with van der Waals surface area (Å²) in [6.07, 6.45) is 2.63. The number of hydrogen-bond donors (Lipinski definition) is 3. The van der Waals surface area contributed by atoms with Crippen LogP contribution < -0.4 is 15.5 Å². The molecule has 2 aromatic rings. The molecule has 3 rings (SSSR count). The molecule has 24 heavy (non-hydrogen) atoms. The molecule has 1 saturated heterocycles. The number of quaternary nitrogens is 1. The highest BCUT2D eigenvalue weighted by Gasteiger charge is 2.33. The lowest BCUT2D eigenvalue weighted by Gasteiger charge is -2.30. The van der Waals surface area contributed by atoms with Crippen molar-refractivity contribution in [2.45, 2.75) is 31.8 Å². The Morgan fingerprint density at radius 2 is 1.92 bits per heavy atom. The standard InChI is InChI=1S/C18H22ClN3S2/c1-13(20-18(23)21-15-8-6-14(19)7-9-15)17(16-5-4-12-24-16)22-10-2-3-11-22/h4-9,12-13,17H,2-3,10-11H2,1H3,(H2,20,21,23)/p+1/t13-,17+/m0/s1. The lowest BCUT2D eigenvalue weighted by Crippen LogP contribution is -3.11. The fourth-order valence-corrected chi connectivity index (χ4v) is 4.82. The molecular formula is C18H23ClN3S2+. The highest BCUT2D eigenvalue weighted by Crippen LogP contribution is 2.21. The first-order valence-electron chi connectivity index (χ1n) is 8.34. The number of rotatable bonds is 5. The van der Waals surface area contributed by atoms with Gasteiger partial charge < -0.3 is 15.5 Å². The van der Waals surface area contributed by atoms with Crippen molar-refractivity contribution >= 4 is 46.0 Å². The quantitative estimate of drug-likeness (QED) is 0.693. The van der Waals surface area contributed by atoms with Gasteiger partial charge in [0.15, 0.2) is 5.11 Å². The van der Waals surface area contributed by atoms with E-state index in [0.29, 0.717) is 11.2 Å². The van der Waals surface area contributed by atoms with Crippen LogP contribution in [-0.2, 0) is 0 Å². The number of anilines is 1. The molecular weight excluding hydrogens is 358 g/mol. The van der Waals surface area contributed by atoms with E-state index in [1.165, 1.54) is 30.8 Å². The van der Waals surface area contributed by atoms with Crippen LogP contribution >= 0.6 is 35.2 Å². The molecule has 1 aliphatic rings. The molecule has 1 aliphatic heterocycles. The summed E-state index contributed by atoms with van der Waals surface area (Å²) in [5.41, 5.74) is 0.949. The van der Waals surface area contributed by atoms with E-state index in [1.54, 1.807) is 4.90 Å². The second-order valence-corrected chi connectivity index (χ2v) is 8.08. The number of hydrogen-bond acceptors (Lipinski definition) is 2. The summed E-state index contributed by atoms with van der Waals surface area (Å²) in [5, 5.41) is 10.3. The molecule has 0 aliphatic carbocycles. The number of likely N-dealkylation sites (tertiary alicyclic amines) is 1. The van der Waals surface area contributed by atoms with Gasteiger partial charge in [0.25, 0.3) is 0 Å². The number of thiocarbonyl (C=S) groups is 1. The molecule has 0 spiro atoms. The zero-order valence-corrected chi connectivity index (χ0v) is 16.1. The van der Waals surface area contributed by atoms with Crippen LogP contribution in [0.1, 0.15) is 30.7 Å². The predicted octanol–water partition coefficient (Wildman–Crippen LogP) is 3.50. The molecule has 0 bridgehead atoms. The van der Waals surface area contributed by atoms with E-state index < -0.39 is 0 Å². The van der Waals surface area contributed by atoms with E-state index in [4.69, 9.17) is 23.8 Å². The van der Waals surface area contributed by atoms with Crippen molar-refractivity contribution < 1.29 is 4.90 Å². The van der Waals surface area contributed by atoms with Crippen molar-refractivity contribution in [3.05, 3.63) is 51.7 Å². The van der Waals surface area contributed by atoms with Crippen molar-refractivity contribution in [1.82, 2.24) is 5.32 Å². The Hall–Kier alpha value is -1.14. The van der Waals surface area contributed by atoms with Crippen molar-refractivity contribution in [2.24, 2.45) is 0 Å². The topological polar surface area (TPSA) is 28.5 Å². The number of halogens is 1. The van der Waals surface area contributed by atoms with Gasteiger partial charge in [-0.05, 0) is 54.9 Å². The number of benzene rings is 1. The van der Waals surface area contributed by atoms with Crippen molar-refractivity contribution in [3.8, 4) is 0 Å². The third kappa shape index (κ3) is 4.48. The lowest BCUT2D eigenvalue weighted by molar-refractivity contribution is -0.920. The second kappa shape index (κ2) is 8.30. The molecule has 1 aromatic carbocycles. The van der Waals surface area contributed by atoms with Crippen LogP contribution in [0, 0.1) is 0 Å². The first-order valence-corrected chi connectivity index (χ1v) is 10.0. The van der Waals surface area contributed by atoms with E-state index in [9.17, 15) is 0 Å². The molecule has 3 nitrogen and oxygen atoms in total. The largest absolute Gasteiger partial charge is 0.354 e. The number of thiophene rings is 1. The summed E-state index contributed by atoms with van der Waals surface area (Å²) in [4.78, 5) is 3.09. The maximum atomic E-state index is 5.93. The predicted molar refractivity (Wildman–Crippen MR) is 107 cm³/mol. The maximum Gasteiger partial charge on any atom is 0.171 e. The van der Waals surface area contributed by atoms with E-state index >= 15 is 0 Å². The zero-order chi connectivity index (χ0) is 16.9. The van der Waals surface area contributed by atoms with Crippen LogP contribution in [0.3, 0.4) is 0 Å². The van der Waals surface area contributed by atoms with Gasteiger partial charge in [-0.3, -0.25) is 0 Å². The molecule has 2 heterocycles. The van der Waals surface area contributed by atoms with Crippen LogP contribution in [0.15, 0.2) is 41.8 Å². The third-order valence-corrected chi connectivity index (χ3v) is 5.92. The van der Waals surface area contributed by atoms with Gasteiger partial charge in [-0.15, -0.1) is 11.3 Å². The Labute approximate surface area is 158 Å². The molecule has 1 fully saturated rings. The van der Waals surface area contributed by atoms with Gasteiger partial charge in [0.2, 0.25) is 0 Å². The highest BCUT2D eigenvalue weighted by molar-refractivity contribution is 7.80. The van der Waals surface area contributed by atoms with Gasteiger partial charge >= 0.3 is 0 Å². The molecule has 1 aromatic heterocycles. The first kappa shape index (κ1) is 17.7. The Bertz CT molecular complexity index is 651. The fraction of sp³-hybridized carbons (Fsp3) is 0.389. The van der Waals surface area contributed by atoms with Crippen LogP contribution in [0.25, 0.3) is 0 Å². The van der Waals surface area contributed by atoms with E-state index in [0.717, 1.165) is 10.7 Å². The molecule has 2 atom stereocenters. The lowest BCUT2D eigenvalue weighted by atomic mass is 10.1. The molecule has 0 amide bonds. The van der Waals surface area contributed by atoms with Gasteiger partial charge in [0.1, 0.15) is 6.04 Å². The fourth-order valence-electron chi connectivity index (χ4n) is 3.40. The molecule has 0 unspecified atom stereocenters. The normalized spacial score (nSPS) is 17.4. The molecule has 128 valence electrons. The van der Waals surface area contributed by atoms with Crippen molar-refractivity contribution in [2.75, 3.05) is 18.4 Å². The third-order valence-electron chi connectivity index (χ3n) is 4.50. The van der Waals surface area contributed by atoms with Crippen molar-refractivity contribution in [3.63, 3.8) is 0 Å². The second-order valence-electron chi connectivity index (χ2n) is 6.25. The van der Waals surface area contributed by atoms with Gasteiger partial charge in [-0.2, -0.15) is 0 Å². The highest BCUT2D eigenvalue weighted by atomic mass is 35.5. The average molecular weight is 381 g/mol. The molecule has 3 N–H and O–H groups in total. The smallest absolute Gasteiger partial charge is 0.171 e. The zero-order valence-electron chi connectivity index (χ0n) is 13.7. The minimum absolute atomic E-state index is 0.268. The van der Waals surface area contributed by atoms with Gasteiger partial charge in [0.05, 0.1) is 24.0 Å². The summed E-state index contributed by atoms with van der Waals surface area (Å²) in [6, 6.07) is 12.7. The summed E-state index contributed by atoms with van der Waals surface area (Å²) in [7, 11) is 0.